The summed E-state index contributed by atoms with van der Waals surface area (Å²) in [4.78, 5) is 4.21. The highest BCUT2D eigenvalue weighted by molar-refractivity contribution is 9.10. The third-order valence-corrected chi connectivity index (χ3v) is 3.52. The summed E-state index contributed by atoms with van der Waals surface area (Å²) in [6.45, 7) is 0. The Morgan fingerprint density at radius 1 is 1.43 bits per heavy atom. The normalized spacial score (nSPS) is 10.4. The van der Waals surface area contributed by atoms with Gasteiger partial charge in [0.1, 0.15) is 10.7 Å². The molecule has 0 aromatic carbocycles. The number of pyridine rings is 1. The summed E-state index contributed by atoms with van der Waals surface area (Å²) < 4.78 is 0.914. The van der Waals surface area contributed by atoms with Crippen molar-refractivity contribution in [3.8, 4) is 10.7 Å². The number of alkyl halides is 1. The quantitative estimate of drug-likeness (QED) is 0.798. The molecule has 2 aromatic heterocycles. The molecule has 0 bridgehead atoms. The first kappa shape index (κ1) is 10.0. The summed E-state index contributed by atoms with van der Waals surface area (Å²) in [5.41, 5.74) is 0.807. The highest BCUT2D eigenvalue weighted by Gasteiger charge is 2.09. The van der Waals surface area contributed by atoms with Crippen molar-refractivity contribution in [1.29, 1.82) is 0 Å². The van der Waals surface area contributed by atoms with E-state index in [1.807, 2.05) is 12.1 Å². The lowest BCUT2D eigenvalue weighted by molar-refractivity contribution is 1.04. The minimum Gasteiger partial charge on any atom is -0.252 e. The number of nitrogens with zero attached hydrogens (tertiary/aromatic N) is 3. The van der Waals surface area contributed by atoms with Crippen LogP contribution in [0, 0.1) is 0 Å². The van der Waals surface area contributed by atoms with E-state index in [1.165, 1.54) is 11.3 Å². The summed E-state index contributed by atoms with van der Waals surface area (Å²) >= 11 is 10.5. The second-order valence-corrected chi connectivity index (χ2v) is 4.65. The Morgan fingerprint density at radius 2 is 2.29 bits per heavy atom. The molecule has 6 heteroatoms. The SMILES string of the molecule is ClCc1nnc(-c2ncccc2Br)s1. The average molecular weight is 291 g/mol. The minimum atomic E-state index is 0.391. The molecule has 0 unspecified atom stereocenters. The van der Waals surface area contributed by atoms with Crippen LogP contribution in [0.15, 0.2) is 22.8 Å². The maximum Gasteiger partial charge on any atom is 0.167 e. The van der Waals surface area contributed by atoms with E-state index in [0.29, 0.717) is 5.88 Å². The number of halogens is 2. The van der Waals surface area contributed by atoms with Crippen molar-refractivity contribution in [2.75, 3.05) is 0 Å². The van der Waals surface area contributed by atoms with Crippen molar-refractivity contribution in [3.05, 3.63) is 27.8 Å². The second-order valence-electron chi connectivity index (χ2n) is 2.47. The van der Waals surface area contributed by atoms with Gasteiger partial charge in [0, 0.05) is 10.7 Å². The molecule has 0 spiro atoms. The molecule has 0 aliphatic rings. The van der Waals surface area contributed by atoms with Crippen LogP contribution in [0.5, 0.6) is 0 Å². The van der Waals surface area contributed by atoms with E-state index >= 15 is 0 Å². The van der Waals surface area contributed by atoms with Gasteiger partial charge >= 0.3 is 0 Å². The fourth-order valence-corrected chi connectivity index (χ4v) is 2.44. The maximum atomic E-state index is 5.64. The van der Waals surface area contributed by atoms with Crippen molar-refractivity contribution < 1.29 is 0 Å². The van der Waals surface area contributed by atoms with Crippen molar-refractivity contribution in [2.24, 2.45) is 0 Å². The number of rotatable bonds is 2. The summed E-state index contributed by atoms with van der Waals surface area (Å²) in [7, 11) is 0. The lowest BCUT2D eigenvalue weighted by Crippen LogP contribution is -1.83. The van der Waals surface area contributed by atoms with Crippen molar-refractivity contribution in [3.63, 3.8) is 0 Å². The van der Waals surface area contributed by atoms with Crippen LogP contribution in [0.4, 0.5) is 0 Å². The largest absolute Gasteiger partial charge is 0.252 e. The van der Waals surface area contributed by atoms with Gasteiger partial charge in [-0.25, -0.2) is 0 Å². The zero-order chi connectivity index (χ0) is 9.97. The molecule has 0 atom stereocenters. The topological polar surface area (TPSA) is 38.7 Å². The zero-order valence-electron chi connectivity index (χ0n) is 6.94. The van der Waals surface area contributed by atoms with Crippen LogP contribution in [0.2, 0.25) is 0 Å². The Labute approximate surface area is 98.3 Å². The summed E-state index contributed by atoms with van der Waals surface area (Å²) in [5.74, 6) is 0.391. The van der Waals surface area contributed by atoms with Crippen LogP contribution in [-0.2, 0) is 5.88 Å². The Bertz CT molecular complexity index is 446. The molecule has 0 aliphatic carbocycles. The van der Waals surface area contributed by atoms with Gasteiger partial charge in [0.2, 0.25) is 0 Å². The van der Waals surface area contributed by atoms with Gasteiger partial charge in [0.15, 0.2) is 5.01 Å². The van der Waals surface area contributed by atoms with E-state index in [0.717, 1.165) is 20.2 Å². The van der Waals surface area contributed by atoms with Crippen LogP contribution >= 0.6 is 38.9 Å². The van der Waals surface area contributed by atoms with E-state index in [2.05, 4.69) is 31.1 Å². The van der Waals surface area contributed by atoms with Crippen molar-refractivity contribution >= 4 is 38.9 Å². The number of hydrogen-bond acceptors (Lipinski definition) is 4. The summed E-state index contributed by atoms with van der Waals surface area (Å²) in [6.07, 6.45) is 1.72. The Kier molecular flexibility index (Phi) is 3.10. The molecule has 2 rings (SSSR count). The van der Waals surface area contributed by atoms with Gasteiger partial charge in [-0.3, -0.25) is 4.98 Å². The molecular formula is C8H5BrClN3S. The van der Waals surface area contributed by atoms with Crippen LogP contribution in [-0.4, -0.2) is 15.2 Å². The van der Waals surface area contributed by atoms with Crippen molar-refractivity contribution in [2.45, 2.75) is 5.88 Å². The van der Waals surface area contributed by atoms with E-state index < -0.39 is 0 Å². The van der Waals surface area contributed by atoms with Crippen LogP contribution in [0.1, 0.15) is 5.01 Å². The summed E-state index contributed by atoms with van der Waals surface area (Å²) in [5, 5.41) is 9.53. The monoisotopic (exact) mass is 289 g/mol. The fraction of sp³-hybridized carbons (Fsp3) is 0.125. The van der Waals surface area contributed by atoms with E-state index in [9.17, 15) is 0 Å². The van der Waals surface area contributed by atoms with Gasteiger partial charge < -0.3 is 0 Å². The Morgan fingerprint density at radius 3 is 2.93 bits per heavy atom. The second kappa shape index (κ2) is 4.33. The molecule has 3 nitrogen and oxygen atoms in total. The molecule has 0 N–H and O–H groups in total. The van der Waals surface area contributed by atoms with Gasteiger partial charge in [-0.1, -0.05) is 11.3 Å². The van der Waals surface area contributed by atoms with Crippen molar-refractivity contribution in [1.82, 2.24) is 15.2 Å². The molecule has 2 heterocycles. The first-order chi connectivity index (χ1) is 6.81. The third-order valence-electron chi connectivity index (χ3n) is 1.54. The van der Waals surface area contributed by atoms with E-state index in [-0.39, 0.29) is 0 Å². The minimum absolute atomic E-state index is 0.391. The lowest BCUT2D eigenvalue weighted by Gasteiger charge is -1.95. The van der Waals surface area contributed by atoms with Gasteiger partial charge in [-0.05, 0) is 28.1 Å². The lowest BCUT2D eigenvalue weighted by atomic mass is 10.4. The molecule has 72 valence electrons. The third kappa shape index (κ3) is 1.94. The Balaban J connectivity index is 2.44. The molecular weight excluding hydrogens is 286 g/mol. The number of aromatic nitrogens is 3. The standard InChI is InChI=1S/C8H5BrClN3S/c9-5-2-1-3-11-7(5)8-13-12-6(4-10)14-8/h1-3H,4H2. The predicted molar refractivity (Wildman–Crippen MR) is 60.4 cm³/mol. The first-order valence-corrected chi connectivity index (χ1v) is 5.95. The maximum absolute atomic E-state index is 5.64. The first-order valence-electron chi connectivity index (χ1n) is 3.80. The van der Waals surface area contributed by atoms with Gasteiger partial charge in [-0.15, -0.1) is 21.8 Å². The number of hydrogen-bond donors (Lipinski definition) is 0. The Hall–Kier alpha value is -0.520. The van der Waals surface area contributed by atoms with E-state index in [1.54, 1.807) is 6.20 Å². The van der Waals surface area contributed by atoms with Gasteiger partial charge in [-0.2, -0.15) is 0 Å². The van der Waals surface area contributed by atoms with Gasteiger partial charge in [0.25, 0.3) is 0 Å². The molecule has 0 fully saturated rings. The molecule has 0 radical (unpaired) electrons. The zero-order valence-corrected chi connectivity index (χ0v) is 10.1. The molecule has 0 saturated carbocycles. The molecule has 0 amide bonds. The van der Waals surface area contributed by atoms with Crippen LogP contribution in [0.25, 0.3) is 10.7 Å². The molecule has 0 saturated heterocycles. The van der Waals surface area contributed by atoms with Crippen LogP contribution in [0.3, 0.4) is 0 Å². The van der Waals surface area contributed by atoms with Gasteiger partial charge in [0.05, 0.1) is 5.88 Å². The predicted octanol–water partition coefficient (Wildman–Crippen LogP) is 3.10. The molecule has 2 aromatic rings. The molecule has 0 aliphatic heterocycles. The summed E-state index contributed by atoms with van der Waals surface area (Å²) in [6, 6.07) is 3.78. The average Bonchev–Trinajstić information content (AvgIpc) is 2.67. The highest BCUT2D eigenvalue weighted by Crippen LogP contribution is 2.28. The highest BCUT2D eigenvalue weighted by atomic mass is 79.9. The van der Waals surface area contributed by atoms with E-state index in [4.69, 9.17) is 11.6 Å². The molecule has 14 heavy (non-hydrogen) atoms. The van der Waals surface area contributed by atoms with Crippen LogP contribution < -0.4 is 0 Å². The fourth-order valence-electron chi connectivity index (χ4n) is 0.946. The smallest absolute Gasteiger partial charge is 0.167 e.